The quantitative estimate of drug-likeness (QED) is 0.653. The van der Waals surface area contributed by atoms with E-state index in [0.29, 0.717) is 6.04 Å². The zero-order chi connectivity index (χ0) is 18.6. The van der Waals surface area contributed by atoms with Crippen molar-refractivity contribution in [2.75, 3.05) is 13.1 Å². The molecule has 2 saturated heterocycles. The molecule has 1 amide bonds. The molecule has 2 aromatic carbocycles. The lowest BCUT2D eigenvalue weighted by molar-refractivity contribution is -0.124. The molecule has 0 spiro atoms. The largest absolute Gasteiger partial charge is 0.351 e. The molecule has 0 bridgehead atoms. The number of piperidine rings is 1. The highest BCUT2D eigenvalue weighted by molar-refractivity contribution is 5.83. The second-order valence-electron chi connectivity index (χ2n) is 7.63. The summed E-state index contributed by atoms with van der Waals surface area (Å²) in [4.78, 5) is 13.0. The van der Waals surface area contributed by atoms with Crippen molar-refractivity contribution in [2.45, 2.75) is 37.4 Å². The van der Waals surface area contributed by atoms with Crippen molar-refractivity contribution in [3.05, 3.63) is 71.8 Å². The Hall–Kier alpha value is -2.21. The van der Waals surface area contributed by atoms with E-state index >= 15 is 0 Å². The smallest absolute Gasteiger partial charge is 0.239 e. The normalized spacial score (nSPS) is 25.8. The second kappa shape index (κ2) is 8.21. The maximum absolute atomic E-state index is 13.0. The van der Waals surface area contributed by atoms with Crippen molar-refractivity contribution in [2.24, 2.45) is 5.92 Å². The maximum atomic E-state index is 13.0. The number of hydrogen-bond acceptors (Lipinski definition) is 4. The van der Waals surface area contributed by atoms with Crippen LogP contribution in [-0.2, 0) is 4.79 Å². The zero-order valence-electron chi connectivity index (χ0n) is 15.7. The SMILES string of the molecule is CC(NC(=O)C1NNC2CCNCC21)C(c1ccccc1)c1ccccc1. The molecule has 0 saturated carbocycles. The van der Waals surface area contributed by atoms with Gasteiger partial charge in [-0.25, -0.2) is 5.43 Å². The average molecular weight is 364 g/mol. The van der Waals surface area contributed by atoms with Crippen LogP contribution < -0.4 is 21.5 Å². The highest BCUT2D eigenvalue weighted by Crippen LogP contribution is 2.28. The number of rotatable bonds is 5. The molecule has 2 aromatic rings. The number of hydrazine groups is 1. The minimum absolute atomic E-state index is 0.0142. The topological polar surface area (TPSA) is 65.2 Å². The van der Waals surface area contributed by atoms with Crippen LogP contribution in [0.1, 0.15) is 30.4 Å². The van der Waals surface area contributed by atoms with Crippen molar-refractivity contribution in [3.8, 4) is 0 Å². The van der Waals surface area contributed by atoms with Gasteiger partial charge in [0, 0.05) is 30.5 Å². The van der Waals surface area contributed by atoms with Crippen LogP contribution >= 0.6 is 0 Å². The zero-order valence-corrected chi connectivity index (χ0v) is 15.7. The van der Waals surface area contributed by atoms with E-state index in [9.17, 15) is 4.79 Å². The third kappa shape index (κ3) is 3.90. The Morgan fingerprint density at radius 3 is 2.26 bits per heavy atom. The molecule has 2 fully saturated rings. The standard InChI is InChI=1S/C22H28N4O/c1-15(24-22(27)21-18-14-23-13-12-19(18)25-26-21)20(16-8-4-2-5-9-16)17-10-6-3-7-11-17/h2-11,15,18-21,23,25-26H,12-14H2,1H3,(H,24,27). The van der Waals surface area contributed by atoms with Gasteiger partial charge in [-0.3, -0.25) is 10.2 Å². The van der Waals surface area contributed by atoms with E-state index in [2.05, 4.69) is 76.9 Å². The second-order valence-corrected chi connectivity index (χ2v) is 7.63. The summed E-state index contributed by atoms with van der Waals surface area (Å²) in [6.07, 6.45) is 1.05. The average Bonchev–Trinajstić information content (AvgIpc) is 3.14. The number of nitrogens with one attached hydrogen (secondary N) is 4. The Balaban J connectivity index is 1.52. The predicted octanol–water partition coefficient (Wildman–Crippen LogP) is 1.78. The Morgan fingerprint density at radius 1 is 1.00 bits per heavy atom. The van der Waals surface area contributed by atoms with Gasteiger partial charge in [0.2, 0.25) is 5.91 Å². The summed E-state index contributed by atoms with van der Waals surface area (Å²) in [5, 5.41) is 6.69. The predicted molar refractivity (Wildman–Crippen MR) is 107 cm³/mol. The Labute approximate surface area is 160 Å². The van der Waals surface area contributed by atoms with Gasteiger partial charge in [0.1, 0.15) is 6.04 Å². The van der Waals surface area contributed by atoms with Gasteiger partial charge in [-0.1, -0.05) is 60.7 Å². The van der Waals surface area contributed by atoms with Crippen LogP contribution in [0.5, 0.6) is 0 Å². The van der Waals surface area contributed by atoms with E-state index in [1.54, 1.807) is 0 Å². The van der Waals surface area contributed by atoms with Crippen molar-refractivity contribution >= 4 is 5.91 Å². The van der Waals surface area contributed by atoms with Crippen LogP contribution in [0, 0.1) is 5.92 Å². The fourth-order valence-corrected chi connectivity index (χ4v) is 4.46. The summed E-state index contributed by atoms with van der Waals surface area (Å²) in [5.41, 5.74) is 8.95. The van der Waals surface area contributed by atoms with Gasteiger partial charge in [0.25, 0.3) is 0 Å². The molecule has 0 aliphatic carbocycles. The molecule has 2 aliphatic rings. The van der Waals surface area contributed by atoms with Crippen molar-refractivity contribution in [3.63, 3.8) is 0 Å². The first-order valence-electron chi connectivity index (χ1n) is 9.86. The van der Waals surface area contributed by atoms with E-state index in [0.717, 1.165) is 19.5 Å². The molecular weight excluding hydrogens is 336 g/mol. The highest BCUT2D eigenvalue weighted by atomic mass is 16.2. The molecule has 5 nitrogen and oxygen atoms in total. The number of fused-ring (bicyclic) bond motifs is 1. The lowest BCUT2D eigenvalue weighted by Gasteiger charge is -2.30. The molecule has 5 heteroatoms. The van der Waals surface area contributed by atoms with Gasteiger partial charge < -0.3 is 10.6 Å². The number of benzene rings is 2. The molecule has 142 valence electrons. The summed E-state index contributed by atoms with van der Waals surface area (Å²) >= 11 is 0. The summed E-state index contributed by atoms with van der Waals surface area (Å²) in [5.74, 6) is 0.479. The Kier molecular flexibility index (Phi) is 5.53. The molecule has 4 atom stereocenters. The van der Waals surface area contributed by atoms with Crippen molar-refractivity contribution in [1.82, 2.24) is 21.5 Å². The van der Waals surface area contributed by atoms with Gasteiger partial charge >= 0.3 is 0 Å². The molecule has 0 radical (unpaired) electrons. The highest BCUT2D eigenvalue weighted by Gasteiger charge is 2.41. The summed E-state index contributed by atoms with van der Waals surface area (Å²) in [6.45, 7) is 3.98. The van der Waals surface area contributed by atoms with Crippen molar-refractivity contribution < 1.29 is 4.79 Å². The molecule has 4 rings (SSSR count). The van der Waals surface area contributed by atoms with Gasteiger partial charge in [0.15, 0.2) is 0 Å². The molecule has 4 N–H and O–H groups in total. The van der Waals surface area contributed by atoms with Crippen LogP contribution in [0.3, 0.4) is 0 Å². The third-order valence-corrected chi connectivity index (χ3v) is 5.85. The van der Waals surface area contributed by atoms with E-state index in [1.165, 1.54) is 11.1 Å². The molecule has 0 aromatic heterocycles. The number of amides is 1. The summed E-state index contributed by atoms with van der Waals surface area (Å²) in [6, 6.07) is 21.0. The fourth-order valence-electron chi connectivity index (χ4n) is 4.46. The van der Waals surface area contributed by atoms with Gasteiger partial charge in [-0.2, -0.15) is 0 Å². The van der Waals surface area contributed by atoms with E-state index in [-0.39, 0.29) is 29.8 Å². The lowest BCUT2D eigenvalue weighted by atomic mass is 9.85. The minimum atomic E-state index is -0.197. The number of carbonyl (C=O) groups is 1. The van der Waals surface area contributed by atoms with Gasteiger partial charge in [-0.05, 0) is 31.0 Å². The van der Waals surface area contributed by atoms with Crippen LogP contribution in [0.2, 0.25) is 0 Å². The van der Waals surface area contributed by atoms with E-state index < -0.39 is 0 Å². The molecule has 27 heavy (non-hydrogen) atoms. The first-order valence-corrected chi connectivity index (χ1v) is 9.86. The summed E-state index contributed by atoms with van der Waals surface area (Å²) in [7, 11) is 0. The van der Waals surface area contributed by atoms with Crippen LogP contribution in [0.25, 0.3) is 0 Å². The molecule has 2 aliphatic heterocycles. The fraction of sp³-hybridized carbons (Fsp3) is 0.409. The number of hydrogen-bond donors (Lipinski definition) is 4. The van der Waals surface area contributed by atoms with Crippen LogP contribution in [-0.4, -0.2) is 37.1 Å². The number of carbonyl (C=O) groups excluding carboxylic acids is 1. The molecular formula is C22H28N4O. The molecule has 2 heterocycles. The maximum Gasteiger partial charge on any atom is 0.239 e. The van der Waals surface area contributed by atoms with Crippen LogP contribution in [0.15, 0.2) is 60.7 Å². The third-order valence-electron chi connectivity index (χ3n) is 5.85. The van der Waals surface area contributed by atoms with Crippen LogP contribution in [0.4, 0.5) is 0 Å². The minimum Gasteiger partial charge on any atom is -0.351 e. The van der Waals surface area contributed by atoms with Gasteiger partial charge in [0.05, 0.1) is 0 Å². The Bertz CT molecular complexity index is 712. The summed E-state index contributed by atoms with van der Waals surface area (Å²) < 4.78 is 0. The monoisotopic (exact) mass is 364 g/mol. The molecule has 4 unspecified atom stereocenters. The van der Waals surface area contributed by atoms with E-state index in [4.69, 9.17) is 0 Å². The first kappa shape index (κ1) is 18.2. The van der Waals surface area contributed by atoms with Crippen molar-refractivity contribution in [1.29, 1.82) is 0 Å². The lowest BCUT2D eigenvalue weighted by Crippen LogP contribution is -2.52. The first-order chi connectivity index (χ1) is 13.2. The van der Waals surface area contributed by atoms with Gasteiger partial charge in [-0.15, -0.1) is 0 Å². The van der Waals surface area contributed by atoms with E-state index in [1.807, 2.05) is 12.1 Å². The Morgan fingerprint density at radius 2 is 1.63 bits per heavy atom.